The maximum atomic E-state index is 12.4. The molecule has 10 heteroatoms. The zero-order chi connectivity index (χ0) is 27.5. The third kappa shape index (κ3) is 5.72. The fourth-order valence-corrected chi connectivity index (χ4v) is 6.65. The van der Waals surface area contributed by atoms with Gasteiger partial charge in [-0.2, -0.15) is 0 Å². The Morgan fingerprint density at radius 3 is 2.27 bits per heavy atom. The third-order valence-electron chi connectivity index (χ3n) is 8.29. The van der Waals surface area contributed by atoms with Gasteiger partial charge in [-0.25, -0.2) is 4.79 Å². The van der Waals surface area contributed by atoms with Crippen molar-refractivity contribution >= 4 is 30.3 Å². The van der Waals surface area contributed by atoms with Crippen LogP contribution in [0.3, 0.4) is 0 Å². The van der Waals surface area contributed by atoms with Gasteiger partial charge in [0.1, 0.15) is 25.4 Å². The molecule has 37 heavy (non-hydrogen) atoms. The summed E-state index contributed by atoms with van der Waals surface area (Å²) in [6.45, 7) is 12.6. The number of hydrogen-bond donors (Lipinski definition) is 0. The van der Waals surface area contributed by atoms with E-state index >= 15 is 0 Å². The van der Waals surface area contributed by atoms with Crippen LogP contribution in [0.2, 0.25) is 0 Å². The molecule has 2 saturated carbocycles. The molecule has 0 spiro atoms. The van der Waals surface area contributed by atoms with E-state index in [1.54, 1.807) is 6.08 Å². The number of ether oxygens (including phenoxy) is 5. The first-order valence-corrected chi connectivity index (χ1v) is 12.5. The number of cyclic esters (lactones) is 1. The Labute approximate surface area is 216 Å². The fourth-order valence-electron chi connectivity index (χ4n) is 6.65. The molecule has 2 aliphatic carbocycles. The van der Waals surface area contributed by atoms with Gasteiger partial charge in [-0.1, -0.05) is 26.5 Å². The van der Waals surface area contributed by atoms with Gasteiger partial charge in [-0.05, 0) is 48.5 Å². The number of rotatable bonds is 8. The van der Waals surface area contributed by atoms with E-state index in [4.69, 9.17) is 23.7 Å². The van der Waals surface area contributed by atoms with Crippen molar-refractivity contribution in [2.45, 2.75) is 78.6 Å². The summed E-state index contributed by atoms with van der Waals surface area (Å²) in [7, 11) is 0. The molecule has 0 N–H and O–H groups in total. The van der Waals surface area contributed by atoms with Crippen molar-refractivity contribution < 1.29 is 47.7 Å². The average Bonchev–Trinajstić information content (AvgIpc) is 3.14. The van der Waals surface area contributed by atoms with E-state index < -0.39 is 53.0 Å². The number of hydrogen-bond acceptors (Lipinski definition) is 10. The first-order valence-electron chi connectivity index (χ1n) is 12.5. The van der Waals surface area contributed by atoms with E-state index in [1.807, 2.05) is 6.92 Å². The summed E-state index contributed by atoms with van der Waals surface area (Å²) < 4.78 is 27.0. The smallest absolute Gasteiger partial charge is 0.337 e. The lowest BCUT2D eigenvalue weighted by Gasteiger charge is -2.61. The lowest BCUT2D eigenvalue weighted by molar-refractivity contribution is -0.196. The Morgan fingerprint density at radius 2 is 1.68 bits per heavy atom. The summed E-state index contributed by atoms with van der Waals surface area (Å²) in [6, 6.07) is 0. The van der Waals surface area contributed by atoms with Crippen LogP contribution in [0, 0.1) is 22.7 Å². The molecule has 0 amide bonds. The second kappa shape index (κ2) is 11.1. The van der Waals surface area contributed by atoms with Gasteiger partial charge < -0.3 is 23.7 Å². The van der Waals surface area contributed by atoms with Gasteiger partial charge >= 0.3 is 23.9 Å². The molecular formula is C27H36O10. The standard InChI is InChI=1S/C27H36O10/c1-15-20(8-7-19-22(36-17(3)30)12-34-25(19)32)26(5)10-9-24(37-18(4)31)27(6,13-33-14-28)23(26)11-21(15)35-16(2)29/h7,14,20-24H,1,8-13H2,2-6H3/b19-7+/t20-,21+,22-,23+,24-,26+,27+/m1/s1. The molecule has 3 rings (SSSR count). The average molecular weight is 521 g/mol. The molecule has 0 radical (unpaired) electrons. The Morgan fingerprint density at radius 1 is 1.05 bits per heavy atom. The Bertz CT molecular complexity index is 999. The van der Waals surface area contributed by atoms with Gasteiger partial charge in [-0.15, -0.1) is 0 Å². The predicted octanol–water partition coefficient (Wildman–Crippen LogP) is 2.83. The van der Waals surface area contributed by atoms with Gasteiger partial charge in [0.15, 0.2) is 6.10 Å². The summed E-state index contributed by atoms with van der Waals surface area (Å²) in [6.07, 6.45) is 1.75. The monoisotopic (exact) mass is 520 g/mol. The van der Waals surface area contributed by atoms with Gasteiger partial charge in [0.2, 0.25) is 0 Å². The van der Waals surface area contributed by atoms with Crippen molar-refractivity contribution in [2.75, 3.05) is 13.2 Å². The van der Waals surface area contributed by atoms with Crippen LogP contribution in [0.4, 0.5) is 0 Å². The molecule has 1 aliphatic heterocycles. The predicted molar refractivity (Wildman–Crippen MR) is 129 cm³/mol. The van der Waals surface area contributed by atoms with E-state index in [9.17, 15) is 24.0 Å². The zero-order valence-corrected chi connectivity index (χ0v) is 22.1. The summed E-state index contributed by atoms with van der Waals surface area (Å²) in [5.41, 5.74) is -0.220. The van der Waals surface area contributed by atoms with Crippen molar-refractivity contribution in [1.82, 2.24) is 0 Å². The topological polar surface area (TPSA) is 132 Å². The number of fused-ring (bicyclic) bond motifs is 1. The van der Waals surface area contributed by atoms with E-state index in [1.165, 1.54) is 20.8 Å². The highest BCUT2D eigenvalue weighted by molar-refractivity contribution is 5.92. The molecule has 7 atom stereocenters. The van der Waals surface area contributed by atoms with E-state index in [-0.39, 0.29) is 30.6 Å². The Kier molecular flexibility index (Phi) is 8.49. The largest absolute Gasteiger partial charge is 0.467 e. The zero-order valence-electron chi connectivity index (χ0n) is 22.1. The highest BCUT2D eigenvalue weighted by atomic mass is 16.6. The van der Waals surface area contributed by atoms with Crippen LogP contribution < -0.4 is 0 Å². The minimum absolute atomic E-state index is 0.0165. The number of allylic oxidation sites excluding steroid dienone is 1. The fraction of sp³-hybridized carbons (Fsp3) is 0.667. The molecule has 1 heterocycles. The number of carbonyl (C=O) groups excluding carboxylic acids is 5. The molecule has 0 aromatic carbocycles. The van der Waals surface area contributed by atoms with Crippen LogP contribution in [0.25, 0.3) is 0 Å². The first kappa shape index (κ1) is 28.4. The summed E-state index contributed by atoms with van der Waals surface area (Å²) in [4.78, 5) is 59.0. The van der Waals surface area contributed by atoms with Crippen molar-refractivity contribution in [3.8, 4) is 0 Å². The minimum atomic E-state index is -0.791. The number of carbonyl (C=O) groups is 5. The van der Waals surface area contributed by atoms with Crippen molar-refractivity contribution in [3.63, 3.8) is 0 Å². The molecule has 1 saturated heterocycles. The second-order valence-electron chi connectivity index (χ2n) is 10.7. The van der Waals surface area contributed by atoms with Crippen LogP contribution in [-0.4, -0.2) is 61.9 Å². The van der Waals surface area contributed by atoms with Crippen LogP contribution >= 0.6 is 0 Å². The van der Waals surface area contributed by atoms with Gasteiger partial charge in [0, 0.05) is 26.2 Å². The maximum Gasteiger partial charge on any atom is 0.337 e. The molecular weight excluding hydrogens is 484 g/mol. The normalized spacial score (nSPS) is 36.2. The highest BCUT2D eigenvalue weighted by Crippen LogP contribution is 2.63. The molecule has 204 valence electrons. The highest BCUT2D eigenvalue weighted by Gasteiger charge is 2.61. The van der Waals surface area contributed by atoms with Gasteiger partial charge in [-0.3, -0.25) is 19.2 Å². The quantitative estimate of drug-likeness (QED) is 0.155. The van der Waals surface area contributed by atoms with E-state index in [2.05, 4.69) is 13.5 Å². The van der Waals surface area contributed by atoms with Crippen molar-refractivity contribution in [1.29, 1.82) is 0 Å². The maximum absolute atomic E-state index is 12.4. The van der Waals surface area contributed by atoms with Crippen LogP contribution in [0.5, 0.6) is 0 Å². The van der Waals surface area contributed by atoms with E-state index in [0.29, 0.717) is 37.7 Å². The molecule has 0 aromatic heterocycles. The van der Waals surface area contributed by atoms with Crippen molar-refractivity contribution in [3.05, 3.63) is 23.8 Å². The third-order valence-corrected chi connectivity index (χ3v) is 8.29. The van der Waals surface area contributed by atoms with Crippen LogP contribution in [-0.2, 0) is 47.7 Å². The SMILES string of the molecule is C=C1[C@@H](OC(C)=O)C[C@@H]2[C@](C)(COC=O)[C@H](OC(C)=O)CC[C@@]2(C)[C@@H]1C/C=C1/C(=O)OC[C@H]1OC(C)=O. The lowest BCUT2D eigenvalue weighted by atomic mass is 9.45. The van der Waals surface area contributed by atoms with Crippen LogP contribution in [0.15, 0.2) is 23.8 Å². The molecule has 0 aromatic rings. The van der Waals surface area contributed by atoms with Gasteiger partial charge in [0.25, 0.3) is 6.47 Å². The molecule has 0 bridgehead atoms. The Balaban J connectivity index is 2.03. The molecule has 10 nitrogen and oxygen atoms in total. The Hall–Kier alpha value is -3.17. The second-order valence-corrected chi connectivity index (χ2v) is 10.7. The number of esters is 4. The lowest BCUT2D eigenvalue weighted by Crippen LogP contribution is -2.60. The molecule has 3 aliphatic rings. The first-order chi connectivity index (χ1) is 17.3. The summed E-state index contributed by atoms with van der Waals surface area (Å²) in [5, 5.41) is 0. The summed E-state index contributed by atoms with van der Waals surface area (Å²) in [5.74, 6) is -2.40. The molecule has 0 unspecified atom stereocenters. The van der Waals surface area contributed by atoms with E-state index in [0.717, 1.165) is 0 Å². The van der Waals surface area contributed by atoms with Crippen molar-refractivity contribution in [2.24, 2.45) is 22.7 Å². The van der Waals surface area contributed by atoms with Gasteiger partial charge in [0.05, 0.1) is 5.57 Å². The van der Waals surface area contributed by atoms with Crippen LogP contribution in [0.1, 0.15) is 60.3 Å². The minimum Gasteiger partial charge on any atom is -0.467 e. The molecule has 3 fully saturated rings. The summed E-state index contributed by atoms with van der Waals surface area (Å²) >= 11 is 0.